The zero-order chi connectivity index (χ0) is 16.3. The molecule has 1 aromatic carbocycles. The van der Waals surface area contributed by atoms with E-state index in [0.29, 0.717) is 5.02 Å². The number of benzene rings is 1. The van der Waals surface area contributed by atoms with E-state index < -0.39 is 19.1 Å². The largest absolute Gasteiger partial charge is 0.441 e. The van der Waals surface area contributed by atoms with E-state index >= 15 is 0 Å². The Morgan fingerprint density at radius 3 is 2.24 bits per heavy atom. The number of hydrogen-bond acceptors (Lipinski definition) is 6. The standard InChI is InChI=1S/C12H15Cl2O6P/c1-8(15)19-12(2,21(16,17-3)18-4)20-11-6-5-9(13)7-10(11)14/h5-7H,1-4H3. The molecule has 1 unspecified atom stereocenters. The molecule has 118 valence electrons. The molecule has 1 aromatic rings. The van der Waals surface area contributed by atoms with Crippen molar-refractivity contribution in [2.75, 3.05) is 14.2 Å². The number of esters is 1. The summed E-state index contributed by atoms with van der Waals surface area (Å²) in [5.74, 6) is -0.615. The lowest BCUT2D eigenvalue weighted by Crippen LogP contribution is -2.38. The summed E-state index contributed by atoms with van der Waals surface area (Å²) in [5, 5.41) is 0.544. The van der Waals surface area contributed by atoms with E-state index in [-0.39, 0.29) is 10.8 Å². The average molecular weight is 357 g/mol. The molecule has 0 saturated heterocycles. The van der Waals surface area contributed by atoms with Crippen LogP contribution >= 0.6 is 30.8 Å². The highest BCUT2D eigenvalue weighted by Gasteiger charge is 2.53. The Morgan fingerprint density at radius 1 is 1.24 bits per heavy atom. The molecule has 1 atom stereocenters. The van der Waals surface area contributed by atoms with Crippen molar-refractivity contribution >= 4 is 36.8 Å². The molecule has 0 heterocycles. The Morgan fingerprint density at radius 2 is 1.81 bits per heavy atom. The van der Waals surface area contributed by atoms with Gasteiger partial charge >= 0.3 is 19.1 Å². The molecule has 0 aliphatic heterocycles. The fourth-order valence-corrected chi connectivity index (χ4v) is 3.28. The van der Waals surface area contributed by atoms with E-state index in [1.54, 1.807) is 0 Å². The van der Waals surface area contributed by atoms with Gasteiger partial charge in [-0.25, -0.2) is 0 Å². The number of ether oxygens (including phenoxy) is 2. The first-order chi connectivity index (χ1) is 9.67. The molecule has 0 bridgehead atoms. The lowest BCUT2D eigenvalue weighted by Gasteiger charge is -2.33. The summed E-state index contributed by atoms with van der Waals surface area (Å²) < 4.78 is 32.8. The van der Waals surface area contributed by atoms with Gasteiger partial charge in [-0.2, -0.15) is 0 Å². The fourth-order valence-electron chi connectivity index (χ4n) is 1.57. The number of halogens is 2. The van der Waals surface area contributed by atoms with Gasteiger partial charge in [0.15, 0.2) is 0 Å². The number of carbonyl (C=O) groups excluding carboxylic acids is 1. The van der Waals surface area contributed by atoms with Crippen molar-refractivity contribution < 1.29 is 27.9 Å². The molecule has 0 fully saturated rings. The smallest absolute Gasteiger partial charge is 0.414 e. The van der Waals surface area contributed by atoms with Crippen molar-refractivity contribution in [3.63, 3.8) is 0 Å². The van der Waals surface area contributed by atoms with Crippen LogP contribution in [0.25, 0.3) is 0 Å². The number of hydrogen-bond donors (Lipinski definition) is 0. The average Bonchev–Trinajstić information content (AvgIpc) is 2.40. The molecule has 0 radical (unpaired) electrons. The predicted molar refractivity (Wildman–Crippen MR) is 78.9 cm³/mol. The van der Waals surface area contributed by atoms with Gasteiger partial charge in [0.05, 0.1) is 5.02 Å². The molecular weight excluding hydrogens is 342 g/mol. The van der Waals surface area contributed by atoms with Crippen LogP contribution in [-0.4, -0.2) is 25.7 Å². The molecule has 0 N–H and O–H groups in total. The van der Waals surface area contributed by atoms with Crippen molar-refractivity contribution in [1.29, 1.82) is 0 Å². The lowest BCUT2D eigenvalue weighted by atomic mass is 10.3. The molecule has 0 spiro atoms. The highest BCUT2D eigenvalue weighted by atomic mass is 35.5. The summed E-state index contributed by atoms with van der Waals surface area (Å²) in [7, 11) is -1.61. The van der Waals surface area contributed by atoms with Crippen LogP contribution in [0.2, 0.25) is 10.0 Å². The monoisotopic (exact) mass is 356 g/mol. The van der Waals surface area contributed by atoms with Gasteiger partial charge in [-0.15, -0.1) is 0 Å². The van der Waals surface area contributed by atoms with Crippen molar-refractivity contribution in [2.24, 2.45) is 0 Å². The molecule has 0 aliphatic carbocycles. The highest BCUT2D eigenvalue weighted by molar-refractivity contribution is 7.55. The van der Waals surface area contributed by atoms with Gasteiger partial charge in [0.2, 0.25) is 0 Å². The summed E-state index contributed by atoms with van der Waals surface area (Å²) in [6.45, 7) is 2.40. The second kappa shape index (κ2) is 6.99. The first-order valence-electron chi connectivity index (χ1n) is 5.72. The second-order valence-electron chi connectivity index (χ2n) is 4.03. The Bertz CT molecular complexity index is 571. The maximum Gasteiger partial charge on any atom is 0.414 e. The molecule has 0 aromatic heterocycles. The van der Waals surface area contributed by atoms with Crippen LogP contribution in [0.5, 0.6) is 5.75 Å². The predicted octanol–water partition coefficient (Wildman–Crippen LogP) is 4.09. The van der Waals surface area contributed by atoms with Crippen LogP contribution in [0.4, 0.5) is 0 Å². The van der Waals surface area contributed by atoms with E-state index in [1.165, 1.54) is 25.1 Å². The summed E-state index contributed by atoms with van der Waals surface area (Å²) in [6.07, 6.45) is 0. The third kappa shape index (κ3) is 4.11. The molecule has 0 saturated carbocycles. The maximum absolute atomic E-state index is 12.6. The van der Waals surface area contributed by atoms with Gasteiger partial charge < -0.3 is 18.5 Å². The minimum Gasteiger partial charge on any atom is -0.441 e. The normalized spacial score (nSPS) is 14.4. The fraction of sp³-hybridized carbons (Fsp3) is 0.417. The molecule has 6 nitrogen and oxygen atoms in total. The van der Waals surface area contributed by atoms with E-state index in [1.807, 2.05) is 0 Å². The Labute approximate surface area is 132 Å². The Hall–Kier alpha value is -0.780. The SMILES string of the molecule is COP(=O)(OC)C(C)(OC(C)=O)Oc1ccc(Cl)cc1Cl. The van der Waals surface area contributed by atoms with E-state index in [9.17, 15) is 9.36 Å². The molecule has 0 amide bonds. The van der Waals surface area contributed by atoms with E-state index in [0.717, 1.165) is 21.1 Å². The van der Waals surface area contributed by atoms with Crippen molar-refractivity contribution in [2.45, 2.75) is 19.4 Å². The van der Waals surface area contributed by atoms with Gasteiger partial charge in [-0.3, -0.25) is 9.36 Å². The van der Waals surface area contributed by atoms with Crippen molar-refractivity contribution in [1.82, 2.24) is 0 Å². The first-order valence-corrected chi connectivity index (χ1v) is 8.02. The van der Waals surface area contributed by atoms with Crippen LogP contribution in [-0.2, 0) is 23.1 Å². The Balaban J connectivity index is 3.25. The quantitative estimate of drug-likeness (QED) is 0.434. The molecular formula is C12H15Cl2O6P. The van der Waals surface area contributed by atoms with Gasteiger partial charge in [-0.05, 0) is 18.2 Å². The molecule has 0 aliphatic rings. The summed E-state index contributed by atoms with van der Waals surface area (Å²) >= 11 is 11.8. The number of carbonyl (C=O) groups is 1. The first kappa shape index (κ1) is 18.3. The van der Waals surface area contributed by atoms with Crippen molar-refractivity contribution in [3.05, 3.63) is 28.2 Å². The van der Waals surface area contributed by atoms with Crippen LogP contribution < -0.4 is 4.74 Å². The maximum atomic E-state index is 12.6. The van der Waals surface area contributed by atoms with Gasteiger partial charge in [0, 0.05) is 33.1 Å². The zero-order valence-electron chi connectivity index (χ0n) is 11.9. The highest BCUT2D eigenvalue weighted by Crippen LogP contribution is 2.60. The van der Waals surface area contributed by atoms with Crippen LogP contribution in [0.1, 0.15) is 13.8 Å². The van der Waals surface area contributed by atoms with Crippen LogP contribution in [0.15, 0.2) is 18.2 Å². The lowest BCUT2D eigenvalue weighted by molar-refractivity contribution is -0.171. The van der Waals surface area contributed by atoms with Crippen LogP contribution in [0.3, 0.4) is 0 Å². The second-order valence-corrected chi connectivity index (χ2v) is 7.41. The third-order valence-electron chi connectivity index (χ3n) is 2.50. The van der Waals surface area contributed by atoms with E-state index in [4.69, 9.17) is 41.7 Å². The molecule has 21 heavy (non-hydrogen) atoms. The minimum absolute atomic E-state index is 0.110. The summed E-state index contributed by atoms with van der Waals surface area (Å²) in [5.41, 5.74) is -2.00. The van der Waals surface area contributed by atoms with E-state index in [2.05, 4.69) is 0 Å². The summed E-state index contributed by atoms with van der Waals surface area (Å²) in [6, 6.07) is 4.39. The van der Waals surface area contributed by atoms with Gasteiger partial charge in [0.1, 0.15) is 5.75 Å². The Kier molecular flexibility index (Phi) is 6.08. The zero-order valence-corrected chi connectivity index (χ0v) is 14.3. The molecule has 1 rings (SSSR count). The van der Waals surface area contributed by atoms with Gasteiger partial charge in [0.25, 0.3) is 0 Å². The van der Waals surface area contributed by atoms with Crippen molar-refractivity contribution in [3.8, 4) is 5.75 Å². The summed E-state index contributed by atoms with van der Waals surface area (Å²) in [4.78, 5) is 11.3. The minimum atomic E-state index is -3.91. The topological polar surface area (TPSA) is 71.1 Å². The van der Waals surface area contributed by atoms with Gasteiger partial charge in [-0.1, -0.05) is 23.2 Å². The molecule has 9 heteroatoms. The number of rotatable bonds is 6. The van der Waals surface area contributed by atoms with Crippen LogP contribution in [0, 0.1) is 0 Å². The third-order valence-corrected chi connectivity index (χ3v) is 5.17.